The minimum Gasteiger partial charge on any atom is -0.480 e. The molecule has 2 aromatic rings. The SMILES string of the molecule is N[C@@H](Cc1c[nH]c2cc(C(Br)(Br)Br)ccc12)C(=O)O. The topological polar surface area (TPSA) is 79.1 Å². The average Bonchev–Trinajstić information content (AvgIpc) is 2.70. The molecule has 0 amide bonds. The lowest BCUT2D eigenvalue weighted by molar-refractivity contribution is -0.138. The Kier molecular flexibility index (Phi) is 4.39. The number of hydrogen-bond acceptors (Lipinski definition) is 2. The normalized spacial score (nSPS) is 13.7. The largest absolute Gasteiger partial charge is 0.480 e. The minimum atomic E-state index is -0.994. The van der Waals surface area contributed by atoms with Crippen LogP contribution in [0.25, 0.3) is 10.9 Å². The van der Waals surface area contributed by atoms with Gasteiger partial charge in [0.15, 0.2) is 2.14 Å². The van der Waals surface area contributed by atoms with Gasteiger partial charge in [0.1, 0.15) is 6.04 Å². The van der Waals surface area contributed by atoms with Crippen LogP contribution in [-0.4, -0.2) is 22.1 Å². The van der Waals surface area contributed by atoms with Crippen LogP contribution in [0.2, 0.25) is 0 Å². The fraction of sp³-hybridized carbons (Fsp3) is 0.250. The van der Waals surface area contributed by atoms with Crippen LogP contribution >= 0.6 is 47.8 Å². The molecule has 1 heterocycles. The van der Waals surface area contributed by atoms with Crippen LogP contribution < -0.4 is 5.73 Å². The van der Waals surface area contributed by atoms with Crippen molar-refractivity contribution < 1.29 is 9.90 Å². The summed E-state index contributed by atoms with van der Waals surface area (Å²) in [4.78, 5) is 13.9. The van der Waals surface area contributed by atoms with Crippen molar-refractivity contribution in [2.45, 2.75) is 14.6 Å². The number of halogens is 3. The summed E-state index contributed by atoms with van der Waals surface area (Å²) in [6, 6.07) is 4.98. The third-order valence-corrected chi connectivity index (χ3v) is 4.23. The molecule has 2 rings (SSSR count). The lowest BCUT2D eigenvalue weighted by Gasteiger charge is -2.12. The second-order valence-electron chi connectivity index (χ2n) is 4.22. The highest BCUT2D eigenvalue weighted by molar-refractivity contribution is 9.38. The van der Waals surface area contributed by atoms with Crippen molar-refractivity contribution in [3.8, 4) is 0 Å². The number of rotatable bonds is 3. The Labute approximate surface area is 135 Å². The molecule has 0 fully saturated rings. The Morgan fingerprint density at radius 3 is 2.68 bits per heavy atom. The van der Waals surface area contributed by atoms with Gasteiger partial charge in [-0.25, -0.2) is 0 Å². The Hall–Kier alpha value is -0.370. The molecule has 0 bridgehead atoms. The zero-order valence-corrected chi connectivity index (χ0v) is 14.4. The van der Waals surface area contributed by atoms with E-state index in [0.717, 1.165) is 22.0 Å². The summed E-state index contributed by atoms with van der Waals surface area (Å²) < 4.78 is -0.468. The van der Waals surface area contributed by atoms with Crippen molar-refractivity contribution in [2.24, 2.45) is 5.73 Å². The lowest BCUT2D eigenvalue weighted by Crippen LogP contribution is -2.32. The molecule has 0 unspecified atom stereocenters. The second-order valence-corrected chi connectivity index (χ2v) is 11.0. The highest BCUT2D eigenvalue weighted by Crippen LogP contribution is 2.45. The number of nitrogens with two attached hydrogens (primary N) is 1. The second kappa shape index (κ2) is 5.55. The molecule has 7 heteroatoms. The van der Waals surface area contributed by atoms with Gasteiger partial charge in [0.2, 0.25) is 0 Å². The summed E-state index contributed by atoms with van der Waals surface area (Å²) in [7, 11) is 0. The number of hydrogen-bond donors (Lipinski definition) is 3. The van der Waals surface area contributed by atoms with Gasteiger partial charge in [-0.2, -0.15) is 0 Å². The lowest BCUT2D eigenvalue weighted by atomic mass is 10.0. The Morgan fingerprint density at radius 1 is 1.42 bits per heavy atom. The number of aromatic nitrogens is 1. The zero-order chi connectivity index (χ0) is 14.2. The standard InChI is InChI=1S/C12H11Br3N2O2/c13-12(14,15)7-1-2-8-6(3-9(16)11(18)19)5-17-10(8)4-7/h1-2,4-5,9,17H,3,16H2,(H,18,19)/t9-/m0/s1. The van der Waals surface area contributed by atoms with Gasteiger partial charge in [0.05, 0.1) is 0 Å². The maximum absolute atomic E-state index is 10.8. The maximum atomic E-state index is 10.8. The van der Waals surface area contributed by atoms with Gasteiger partial charge in [-0.1, -0.05) is 59.9 Å². The first-order valence-electron chi connectivity index (χ1n) is 5.44. The Balaban J connectivity index is 2.37. The molecule has 0 aliphatic carbocycles. The molecule has 0 aliphatic heterocycles. The van der Waals surface area contributed by atoms with Crippen LogP contribution in [0.4, 0.5) is 0 Å². The fourth-order valence-corrected chi connectivity index (χ4v) is 2.60. The third kappa shape index (κ3) is 3.39. The number of carboxylic acid groups (broad SMARTS) is 1. The first-order chi connectivity index (χ1) is 8.79. The van der Waals surface area contributed by atoms with Gasteiger partial charge in [-0.3, -0.25) is 4.79 Å². The predicted molar refractivity (Wildman–Crippen MR) is 86.1 cm³/mol. The smallest absolute Gasteiger partial charge is 0.320 e. The van der Waals surface area contributed by atoms with E-state index in [1.807, 2.05) is 18.2 Å². The van der Waals surface area contributed by atoms with E-state index in [-0.39, 0.29) is 0 Å². The first-order valence-corrected chi connectivity index (χ1v) is 7.82. The highest BCUT2D eigenvalue weighted by Gasteiger charge is 2.22. The van der Waals surface area contributed by atoms with E-state index in [1.54, 1.807) is 6.20 Å². The number of fused-ring (bicyclic) bond motifs is 1. The van der Waals surface area contributed by atoms with E-state index < -0.39 is 14.2 Å². The zero-order valence-electron chi connectivity index (χ0n) is 9.66. The summed E-state index contributed by atoms with van der Waals surface area (Å²) in [6.07, 6.45) is 2.10. The molecule has 19 heavy (non-hydrogen) atoms. The molecule has 4 nitrogen and oxygen atoms in total. The molecule has 0 saturated carbocycles. The van der Waals surface area contributed by atoms with Crippen molar-refractivity contribution in [3.05, 3.63) is 35.5 Å². The molecule has 0 saturated heterocycles. The van der Waals surface area contributed by atoms with Gasteiger partial charge in [0.25, 0.3) is 0 Å². The van der Waals surface area contributed by atoms with Gasteiger partial charge in [-0.05, 0) is 17.2 Å². The van der Waals surface area contributed by atoms with E-state index in [4.69, 9.17) is 10.8 Å². The van der Waals surface area contributed by atoms with E-state index >= 15 is 0 Å². The predicted octanol–water partition coefficient (Wildman–Crippen LogP) is 3.42. The van der Waals surface area contributed by atoms with Gasteiger partial charge >= 0.3 is 5.97 Å². The van der Waals surface area contributed by atoms with Gasteiger partial charge in [-0.15, -0.1) is 0 Å². The molecule has 0 aliphatic rings. The van der Waals surface area contributed by atoms with Gasteiger partial charge < -0.3 is 15.8 Å². The fourth-order valence-electron chi connectivity index (χ4n) is 1.86. The van der Waals surface area contributed by atoms with Crippen LogP contribution in [0.3, 0.4) is 0 Å². The molecule has 1 aromatic heterocycles. The molecular weight excluding hydrogens is 444 g/mol. The molecule has 0 radical (unpaired) electrons. The molecular formula is C12H11Br3N2O2. The molecule has 102 valence electrons. The summed E-state index contributed by atoms with van der Waals surface area (Å²) in [5, 5.41) is 9.83. The van der Waals surface area contributed by atoms with E-state index in [2.05, 4.69) is 52.8 Å². The number of alkyl halides is 3. The Morgan fingerprint density at radius 2 is 2.11 bits per heavy atom. The van der Waals surface area contributed by atoms with Crippen LogP contribution in [0.1, 0.15) is 11.1 Å². The first kappa shape index (κ1) is 15.0. The summed E-state index contributed by atoms with van der Waals surface area (Å²) >= 11 is 10.4. The number of H-pyrrole nitrogens is 1. The van der Waals surface area contributed by atoms with Crippen LogP contribution in [0, 0.1) is 0 Å². The molecule has 1 aromatic carbocycles. The van der Waals surface area contributed by atoms with Crippen LogP contribution in [0.5, 0.6) is 0 Å². The van der Waals surface area contributed by atoms with Crippen molar-refractivity contribution in [2.75, 3.05) is 0 Å². The Bertz CT molecular complexity index is 619. The number of aromatic amines is 1. The van der Waals surface area contributed by atoms with Gasteiger partial charge in [0, 0.05) is 23.5 Å². The number of carboxylic acids is 1. The average molecular weight is 455 g/mol. The number of benzene rings is 1. The van der Waals surface area contributed by atoms with Crippen molar-refractivity contribution in [1.82, 2.24) is 4.98 Å². The molecule has 0 spiro atoms. The third-order valence-electron chi connectivity index (χ3n) is 2.85. The van der Waals surface area contributed by atoms with E-state index in [1.165, 1.54) is 0 Å². The molecule has 1 atom stereocenters. The minimum absolute atomic E-state index is 0.302. The molecule has 4 N–H and O–H groups in total. The van der Waals surface area contributed by atoms with E-state index in [9.17, 15) is 4.79 Å². The van der Waals surface area contributed by atoms with Crippen molar-refractivity contribution in [1.29, 1.82) is 0 Å². The van der Waals surface area contributed by atoms with E-state index in [0.29, 0.717) is 6.42 Å². The maximum Gasteiger partial charge on any atom is 0.320 e. The van der Waals surface area contributed by atoms with Crippen LogP contribution in [-0.2, 0) is 13.4 Å². The van der Waals surface area contributed by atoms with Crippen LogP contribution in [0.15, 0.2) is 24.4 Å². The van der Waals surface area contributed by atoms with Crippen molar-refractivity contribution in [3.63, 3.8) is 0 Å². The summed E-state index contributed by atoms with van der Waals surface area (Å²) in [5.41, 5.74) is 8.40. The number of nitrogens with one attached hydrogen (secondary N) is 1. The monoisotopic (exact) mass is 452 g/mol. The van der Waals surface area contributed by atoms with Crippen molar-refractivity contribution >= 4 is 64.7 Å². The quantitative estimate of drug-likeness (QED) is 0.622. The highest BCUT2D eigenvalue weighted by atomic mass is 80.0. The summed E-state index contributed by atoms with van der Waals surface area (Å²) in [5.74, 6) is -0.994. The number of carbonyl (C=O) groups is 1. The number of aliphatic carboxylic acids is 1. The summed E-state index contributed by atoms with van der Waals surface area (Å²) in [6.45, 7) is 0.